The van der Waals surface area contributed by atoms with Crippen molar-refractivity contribution < 1.29 is 4.39 Å². The van der Waals surface area contributed by atoms with E-state index in [0.29, 0.717) is 17.2 Å². The number of fused-ring (bicyclic) bond motifs is 1. The van der Waals surface area contributed by atoms with Crippen molar-refractivity contribution in [3.05, 3.63) is 59.2 Å². The van der Waals surface area contributed by atoms with Gasteiger partial charge < -0.3 is 5.32 Å². The summed E-state index contributed by atoms with van der Waals surface area (Å²) in [5.41, 5.74) is 2.34. The first-order chi connectivity index (χ1) is 14.0. The smallest absolute Gasteiger partial charge is 0.140 e. The van der Waals surface area contributed by atoms with Gasteiger partial charge in [0.25, 0.3) is 0 Å². The molecule has 0 aromatic heterocycles. The van der Waals surface area contributed by atoms with Gasteiger partial charge in [-0.1, -0.05) is 18.2 Å². The van der Waals surface area contributed by atoms with E-state index in [0.717, 1.165) is 31.5 Å². The number of thiol groups is 1. The van der Waals surface area contributed by atoms with Crippen molar-refractivity contribution in [1.29, 1.82) is 5.26 Å². The number of hydrogen-bond donors (Lipinski definition) is 1. The summed E-state index contributed by atoms with van der Waals surface area (Å²) in [5.74, 6) is 0.344. The number of nitriles is 1. The zero-order valence-electron chi connectivity index (χ0n) is 16.9. The van der Waals surface area contributed by atoms with Crippen molar-refractivity contribution in [2.45, 2.75) is 43.9 Å². The van der Waals surface area contributed by atoms with Gasteiger partial charge in [0.2, 0.25) is 0 Å². The van der Waals surface area contributed by atoms with Crippen LogP contribution in [0.1, 0.15) is 43.7 Å². The van der Waals surface area contributed by atoms with Crippen LogP contribution >= 0.6 is 0 Å². The lowest BCUT2D eigenvalue weighted by molar-refractivity contribution is 0.421. The fraction of sp³-hybridized carbons (Fsp3) is 0.478. The van der Waals surface area contributed by atoms with Gasteiger partial charge in [0.15, 0.2) is 0 Å². The monoisotopic (exact) mass is 411 g/mol. The number of hydrogen-bond acceptors (Lipinski definition) is 4. The Morgan fingerprint density at radius 3 is 3.03 bits per heavy atom. The topological polar surface area (TPSA) is 51.4 Å². The predicted octanol–water partition coefficient (Wildman–Crippen LogP) is 3.70. The third kappa shape index (κ3) is 4.57. The minimum Gasteiger partial charge on any atom is -0.384 e. The van der Waals surface area contributed by atoms with E-state index in [1.807, 2.05) is 24.6 Å². The van der Waals surface area contributed by atoms with Crippen LogP contribution in [0.25, 0.3) is 0 Å². The van der Waals surface area contributed by atoms with Crippen LogP contribution in [-0.2, 0) is 11.9 Å². The molecular formula is C23H28FN4S+. The average molecular weight is 412 g/mol. The molecule has 152 valence electrons. The highest BCUT2D eigenvalue weighted by atomic mass is 32.2. The summed E-state index contributed by atoms with van der Waals surface area (Å²) >= 11 is 1.40. The Labute approximate surface area is 176 Å². The minimum absolute atomic E-state index is 0.118. The second-order valence-corrected chi connectivity index (χ2v) is 10.2. The molecule has 6 heteroatoms. The van der Waals surface area contributed by atoms with Crippen LogP contribution in [0.4, 0.5) is 4.39 Å². The van der Waals surface area contributed by atoms with Crippen LogP contribution in [0.2, 0.25) is 0 Å². The van der Waals surface area contributed by atoms with E-state index in [2.05, 4.69) is 40.6 Å². The molecule has 4 unspecified atom stereocenters. The van der Waals surface area contributed by atoms with Gasteiger partial charge >= 0.3 is 0 Å². The average Bonchev–Trinajstić information content (AvgIpc) is 3.14. The number of rotatable bonds is 5. The van der Waals surface area contributed by atoms with Crippen molar-refractivity contribution >= 4 is 18.2 Å². The van der Waals surface area contributed by atoms with Crippen LogP contribution in [0, 0.1) is 29.0 Å². The fourth-order valence-electron chi connectivity index (χ4n) is 4.52. The molecule has 0 spiro atoms. The Bertz CT molecular complexity index is 885. The van der Waals surface area contributed by atoms with Crippen LogP contribution in [-0.4, -0.2) is 34.9 Å². The number of halogens is 1. The molecule has 1 aromatic rings. The van der Waals surface area contributed by atoms with Gasteiger partial charge in [-0.25, -0.2) is 4.39 Å². The van der Waals surface area contributed by atoms with Crippen molar-refractivity contribution in [3.63, 3.8) is 0 Å². The number of nitrogens with one attached hydrogen (secondary N) is 1. The van der Waals surface area contributed by atoms with Crippen molar-refractivity contribution in [2.24, 2.45) is 16.8 Å². The van der Waals surface area contributed by atoms with E-state index in [1.165, 1.54) is 23.7 Å². The highest BCUT2D eigenvalue weighted by Crippen LogP contribution is 2.39. The Balaban J connectivity index is 1.56. The maximum absolute atomic E-state index is 13.8. The molecule has 0 amide bonds. The SMILES string of the molecule is CC(C)[SH+]N1CCC(NC2=CC(c3ccc(F)c(C#N)c3)CC3C=CN=CC23)C1. The lowest BCUT2D eigenvalue weighted by Gasteiger charge is -2.35. The summed E-state index contributed by atoms with van der Waals surface area (Å²) in [6.07, 6.45) is 10.5. The van der Waals surface area contributed by atoms with Crippen LogP contribution in [0.5, 0.6) is 0 Å². The number of nitrogens with zero attached hydrogens (tertiary/aromatic N) is 3. The van der Waals surface area contributed by atoms with Crippen LogP contribution < -0.4 is 5.32 Å². The van der Waals surface area contributed by atoms with E-state index in [1.54, 1.807) is 6.07 Å². The molecule has 0 bridgehead atoms. The molecular weight excluding hydrogens is 383 g/mol. The second kappa shape index (κ2) is 8.73. The third-order valence-corrected chi connectivity index (χ3v) is 7.02. The second-order valence-electron chi connectivity index (χ2n) is 8.40. The summed E-state index contributed by atoms with van der Waals surface area (Å²) in [6, 6.07) is 7.34. The fourth-order valence-corrected chi connectivity index (χ4v) is 5.70. The molecule has 0 radical (unpaired) electrons. The van der Waals surface area contributed by atoms with Gasteiger partial charge in [0.1, 0.15) is 17.1 Å². The van der Waals surface area contributed by atoms with Crippen LogP contribution in [0.15, 0.2) is 47.2 Å². The van der Waals surface area contributed by atoms with Gasteiger partial charge in [-0.05, 0) is 50.3 Å². The van der Waals surface area contributed by atoms with E-state index in [9.17, 15) is 9.65 Å². The van der Waals surface area contributed by atoms with Gasteiger partial charge in [-0.3, -0.25) is 4.99 Å². The zero-order chi connectivity index (χ0) is 20.4. The Morgan fingerprint density at radius 2 is 2.24 bits per heavy atom. The third-order valence-electron chi connectivity index (χ3n) is 5.86. The van der Waals surface area contributed by atoms with Crippen molar-refractivity contribution in [1.82, 2.24) is 9.62 Å². The lowest BCUT2D eigenvalue weighted by Crippen LogP contribution is -2.39. The lowest BCUT2D eigenvalue weighted by atomic mass is 9.74. The van der Waals surface area contributed by atoms with Crippen molar-refractivity contribution in [3.8, 4) is 6.07 Å². The Hall–Kier alpha value is -2.10. The summed E-state index contributed by atoms with van der Waals surface area (Å²) < 4.78 is 16.3. The summed E-state index contributed by atoms with van der Waals surface area (Å²) in [6.45, 7) is 6.69. The predicted molar refractivity (Wildman–Crippen MR) is 118 cm³/mol. The highest BCUT2D eigenvalue weighted by Gasteiger charge is 2.35. The standard InChI is InChI=1S/C23H27FN4S/c1-15(2)29-28-8-6-20(14-28)27-23-11-18(10-17-5-7-26-13-21(17)23)16-3-4-22(24)19(9-16)12-25/h3-5,7,9,11,13,15,17-18,20-21,27H,6,8,10,14H2,1-2H3/p+1. The molecule has 4 nitrogen and oxygen atoms in total. The minimum atomic E-state index is -0.452. The summed E-state index contributed by atoms with van der Waals surface area (Å²) in [4.78, 5) is 4.39. The quantitative estimate of drug-likeness (QED) is 0.594. The molecule has 1 N–H and O–H groups in total. The van der Waals surface area contributed by atoms with Crippen molar-refractivity contribution in [2.75, 3.05) is 13.1 Å². The molecule has 1 aromatic carbocycles. The normalized spacial score (nSPS) is 28.9. The molecule has 1 saturated heterocycles. The molecule has 1 fully saturated rings. The summed E-state index contributed by atoms with van der Waals surface area (Å²) in [5, 5.41) is 13.7. The zero-order valence-corrected chi connectivity index (χ0v) is 17.8. The molecule has 1 aliphatic carbocycles. The van der Waals surface area contributed by atoms with E-state index >= 15 is 0 Å². The maximum atomic E-state index is 13.8. The Kier molecular flexibility index (Phi) is 6.07. The first kappa shape index (κ1) is 20.2. The molecule has 3 aliphatic rings. The summed E-state index contributed by atoms with van der Waals surface area (Å²) in [7, 11) is 0. The van der Waals surface area contributed by atoms with Gasteiger partial charge in [0.05, 0.1) is 24.1 Å². The number of benzene rings is 1. The molecule has 0 saturated carbocycles. The molecule has 4 rings (SSSR count). The van der Waals surface area contributed by atoms with Gasteiger partial charge in [0, 0.05) is 42.5 Å². The molecule has 4 atom stereocenters. The molecule has 2 aliphatic heterocycles. The number of allylic oxidation sites excluding steroid dienone is 3. The van der Waals surface area contributed by atoms with E-state index < -0.39 is 5.82 Å². The first-order valence-electron chi connectivity index (χ1n) is 10.4. The van der Waals surface area contributed by atoms with E-state index in [4.69, 9.17) is 0 Å². The van der Waals surface area contributed by atoms with Gasteiger partial charge in [-0.15, -0.1) is 4.31 Å². The molecule has 2 heterocycles. The number of aliphatic imine (C=N–C) groups is 1. The highest BCUT2D eigenvalue weighted by molar-refractivity contribution is 7.76. The van der Waals surface area contributed by atoms with Gasteiger partial charge in [-0.2, -0.15) is 5.26 Å². The van der Waals surface area contributed by atoms with E-state index in [-0.39, 0.29) is 17.4 Å². The molecule has 29 heavy (non-hydrogen) atoms. The first-order valence-corrected chi connectivity index (χ1v) is 11.3. The Morgan fingerprint density at radius 1 is 1.38 bits per heavy atom. The maximum Gasteiger partial charge on any atom is 0.140 e. The van der Waals surface area contributed by atoms with Crippen LogP contribution in [0.3, 0.4) is 0 Å². The largest absolute Gasteiger partial charge is 0.384 e.